The summed E-state index contributed by atoms with van der Waals surface area (Å²) in [6.45, 7) is 4.12. The van der Waals surface area contributed by atoms with Crippen LogP contribution in [0.2, 0.25) is 0 Å². The zero-order valence-corrected chi connectivity index (χ0v) is 15.4. The Labute approximate surface area is 150 Å². The van der Waals surface area contributed by atoms with Crippen LogP contribution in [-0.4, -0.2) is 36.4 Å². The third-order valence-electron chi connectivity index (χ3n) is 2.75. The summed E-state index contributed by atoms with van der Waals surface area (Å²) >= 11 is 3.10. The first kappa shape index (κ1) is 23.8. The minimum absolute atomic E-state index is 0.135. The van der Waals surface area contributed by atoms with E-state index in [0.717, 1.165) is 0 Å². The van der Waals surface area contributed by atoms with E-state index in [2.05, 4.69) is 25.4 Å². The molecule has 0 rings (SSSR count). The number of alkyl halides is 7. The van der Waals surface area contributed by atoms with Crippen LogP contribution in [0.3, 0.4) is 0 Å². The molecule has 0 N–H and O–H groups in total. The zero-order chi connectivity index (χ0) is 19.8. The van der Waals surface area contributed by atoms with Crippen LogP contribution in [0.25, 0.3) is 0 Å². The predicted molar refractivity (Wildman–Crippen MR) is 83.0 cm³/mol. The number of allylic oxidation sites excluding steroid dienone is 2. The average Bonchev–Trinajstić information content (AvgIpc) is 2.41. The molecule has 0 aromatic carbocycles. The summed E-state index contributed by atoms with van der Waals surface area (Å²) in [6, 6.07) is 0. The number of rotatable bonds is 8. The van der Waals surface area contributed by atoms with Gasteiger partial charge in [-0.15, -0.1) is 0 Å². The van der Waals surface area contributed by atoms with Gasteiger partial charge in [-0.1, -0.05) is 28.4 Å². The molecule has 0 aliphatic carbocycles. The molecule has 0 aliphatic heterocycles. The minimum atomic E-state index is -5.59. The fraction of sp³-hybridized carbons (Fsp3) is 0.667. The standard InChI is InChI=1S/C15H19BrF6O3/c1-9(4-5-24-11(3)23)6-12(7-10(2)8-16)25-13(14(17,18)19)15(20,21)22/h4,7,10,13H,5-6,8H2,1-3H3. The van der Waals surface area contributed by atoms with Crippen LogP contribution in [0, 0.1) is 5.92 Å². The molecule has 0 radical (unpaired) electrons. The molecule has 0 heterocycles. The van der Waals surface area contributed by atoms with E-state index in [1.54, 1.807) is 6.92 Å². The molecule has 1 atom stereocenters. The van der Waals surface area contributed by atoms with Gasteiger partial charge in [0.15, 0.2) is 0 Å². The average molecular weight is 441 g/mol. The normalized spacial score (nSPS) is 15.3. The van der Waals surface area contributed by atoms with Gasteiger partial charge in [-0.3, -0.25) is 4.79 Å². The molecule has 0 aromatic rings. The van der Waals surface area contributed by atoms with Gasteiger partial charge in [0.25, 0.3) is 6.10 Å². The number of halogens is 7. The van der Waals surface area contributed by atoms with Crippen LogP contribution in [0.1, 0.15) is 27.2 Å². The van der Waals surface area contributed by atoms with E-state index >= 15 is 0 Å². The van der Waals surface area contributed by atoms with Crippen LogP contribution in [-0.2, 0) is 14.3 Å². The van der Waals surface area contributed by atoms with E-state index in [1.165, 1.54) is 26.0 Å². The van der Waals surface area contributed by atoms with Gasteiger partial charge >= 0.3 is 18.3 Å². The highest BCUT2D eigenvalue weighted by molar-refractivity contribution is 9.09. The Hall–Kier alpha value is -1.19. The molecular weight excluding hydrogens is 422 g/mol. The van der Waals surface area contributed by atoms with Crippen molar-refractivity contribution in [3.8, 4) is 0 Å². The van der Waals surface area contributed by atoms with E-state index in [9.17, 15) is 31.1 Å². The summed E-state index contributed by atoms with van der Waals surface area (Å²) < 4.78 is 85.0. The van der Waals surface area contributed by atoms with Crippen molar-refractivity contribution < 1.29 is 40.6 Å². The van der Waals surface area contributed by atoms with Crippen LogP contribution >= 0.6 is 15.9 Å². The second kappa shape index (κ2) is 10.1. The topological polar surface area (TPSA) is 35.5 Å². The van der Waals surface area contributed by atoms with Crippen LogP contribution < -0.4 is 0 Å². The molecule has 0 fully saturated rings. The van der Waals surface area contributed by atoms with Crippen LogP contribution in [0.4, 0.5) is 26.3 Å². The summed E-state index contributed by atoms with van der Waals surface area (Å²) in [5.74, 6) is -1.36. The molecule has 0 aliphatic rings. The SMILES string of the molecule is CC(=O)OCC=C(C)CC(=CC(C)CBr)OC(C(F)(F)F)C(F)(F)F. The molecule has 146 valence electrons. The molecule has 0 bridgehead atoms. The lowest BCUT2D eigenvalue weighted by Crippen LogP contribution is -2.44. The fourth-order valence-corrected chi connectivity index (χ4v) is 1.81. The Morgan fingerprint density at radius 3 is 2.04 bits per heavy atom. The van der Waals surface area contributed by atoms with Crippen molar-refractivity contribution in [2.24, 2.45) is 5.92 Å². The van der Waals surface area contributed by atoms with Crippen LogP contribution in [0.15, 0.2) is 23.5 Å². The maximum atomic E-state index is 12.7. The van der Waals surface area contributed by atoms with Gasteiger partial charge in [-0.25, -0.2) is 0 Å². The van der Waals surface area contributed by atoms with E-state index in [-0.39, 0.29) is 18.9 Å². The van der Waals surface area contributed by atoms with E-state index in [0.29, 0.717) is 10.9 Å². The van der Waals surface area contributed by atoms with Gasteiger partial charge in [-0.05, 0) is 25.0 Å². The molecule has 0 amide bonds. The van der Waals surface area contributed by atoms with Crippen molar-refractivity contribution in [1.82, 2.24) is 0 Å². The first-order valence-corrected chi connectivity index (χ1v) is 8.25. The summed E-state index contributed by atoms with van der Waals surface area (Å²) in [5, 5.41) is 0.332. The highest BCUT2D eigenvalue weighted by atomic mass is 79.9. The van der Waals surface area contributed by atoms with Crippen molar-refractivity contribution in [2.45, 2.75) is 45.6 Å². The predicted octanol–water partition coefficient (Wildman–Crippen LogP) is 5.31. The monoisotopic (exact) mass is 440 g/mol. The first-order valence-electron chi connectivity index (χ1n) is 7.13. The summed E-state index contributed by atoms with van der Waals surface area (Å²) in [7, 11) is 0. The number of hydrogen-bond acceptors (Lipinski definition) is 3. The first-order chi connectivity index (χ1) is 11.3. The van der Waals surface area contributed by atoms with Crippen molar-refractivity contribution in [3.63, 3.8) is 0 Å². The highest BCUT2D eigenvalue weighted by Gasteiger charge is 2.59. The molecule has 25 heavy (non-hydrogen) atoms. The van der Waals surface area contributed by atoms with Gasteiger partial charge in [0.2, 0.25) is 0 Å². The quantitative estimate of drug-likeness (QED) is 0.168. The zero-order valence-electron chi connectivity index (χ0n) is 13.8. The lowest BCUT2D eigenvalue weighted by molar-refractivity contribution is -0.313. The number of ether oxygens (including phenoxy) is 2. The Morgan fingerprint density at radius 2 is 1.64 bits per heavy atom. The van der Waals surface area contributed by atoms with Gasteiger partial charge in [-0.2, -0.15) is 26.3 Å². The lowest BCUT2D eigenvalue weighted by atomic mass is 10.1. The van der Waals surface area contributed by atoms with Gasteiger partial charge in [0, 0.05) is 18.7 Å². The number of carbonyl (C=O) groups excluding carboxylic acids is 1. The third kappa shape index (κ3) is 10.4. The van der Waals surface area contributed by atoms with Crippen molar-refractivity contribution in [1.29, 1.82) is 0 Å². The fourth-order valence-electron chi connectivity index (χ4n) is 1.62. The number of esters is 1. The molecule has 0 saturated heterocycles. The molecule has 1 unspecified atom stereocenters. The molecule has 0 spiro atoms. The van der Waals surface area contributed by atoms with Crippen LogP contribution in [0.5, 0.6) is 0 Å². The number of hydrogen-bond donors (Lipinski definition) is 0. The molecule has 3 nitrogen and oxygen atoms in total. The lowest BCUT2D eigenvalue weighted by Gasteiger charge is -2.26. The molecular formula is C15H19BrF6O3. The van der Waals surface area contributed by atoms with Gasteiger partial charge in [0.05, 0.1) is 5.76 Å². The van der Waals surface area contributed by atoms with Crippen molar-refractivity contribution >= 4 is 21.9 Å². The largest absolute Gasteiger partial charge is 0.476 e. The minimum Gasteiger partial charge on any atom is -0.476 e. The van der Waals surface area contributed by atoms with E-state index < -0.39 is 30.2 Å². The second-order valence-corrected chi connectivity index (χ2v) is 6.02. The summed E-state index contributed by atoms with van der Waals surface area (Å²) in [5.41, 5.74) is 0.400. The van der Waals surface area contributed by atoms with Gasteiger partial charge < -0.3 is 9.47 Å². The van der Waals surface area contributed by atoms with E-state index in [4.69, 9.17) is 0 Å². The molecule has 10 heteroatoms. The smallest absolute Gasteiger partial charge is 0.434 e. The second-order valence-electron chi connectivity index (χ2n) is 5.38. The maximum Gasteiger partial charge on any atom is 0.434 e. The molecule has 0 saturated carbocycles. The number of carbonyl (C=O) groups is 1. The Morgan fingerprint density at radius 1 is 1.12 bits per heavy atom. The summed E-state index contributed by atoms with van der Waals surface area (Å²) in [6.07, 6.45) is -12.8. The Balaban J connectivity index is 5.37. The highest BCUT2D eigenvalue weighted by Crippen LogP contribution is 2.37. The molecule has 0 aromatic heterocycles. The Bertz CT molecular complexity index is 482. The third-order valence-corrected chi connectivity index (χ3v) is 3.77. The van der Waals surface area contributed by atoms with Crippen molar-refractivity contribution in [3.05, 3.63) is 23.5 Å². The van der Waals surface area contributed by atoms with Crippen molar-refractivity contribution in [2.75, 3.05) is 11.9 Å². The van der Waals surface area contributed by atoms with E-state index in [1.807, 2.05) is 0 Å². The Kier molecular flexibility index (Phi) is 9.60. The summed E-state index contributed by atoms with van der Waals surface area (Å²) in [4.78, 5) is 10.7. The van der Waals surface area contributed by atoms with Gasteiger partial charge in [0.1, 0.15) is 6.61 Å². The maximum absolute atomic E-state index is 12.7.